The SMILES string of the molecule is Cc1cn(-c2ccc3n(c2=O)CCC(C)N(C(C)c2coc4cc(C(F)(F)F)ccc24)C3=O)cn1. The minimum absolute atomic E-state index is 0.105. The number of pyridine rings is 1. The van der Waals surface area contributed by atoms with E-state index in [1.165, 1.54) is 16.9 Å². The molecule has 4 aromatic rings. The molecule has 0 bridgehead atoms. The van der Waals surface area contributed by atoms with Crippen LogP contribution in [-0.4, -0.2) is 31.0 Å². The van der Waals surface area contributed by atoms with Crippen LogP contribution in [-0.2, 0) is 12.7 Å². The summed E-state index contributed by atoms with van der Waals surface area (Å²) < 4.78 is 47.9. The second kappa shape index (κ2) is 8.14. The van der Waals surface area contributed by atoms with Gasteiger partial charge in [0.1, 0.15) is 17.0 Å². The van der Waals surface area contributed by atoms with Crippen LogP contribution < -0.4 is 5.56 Å². The summed E-state index contributed by atoms with van der Waals surface area (Å²) in [5.74, 6) is -0.325. The van der Waals surface area contributed by atoms with Gasteiger partial charge in [0.15, 0.2) is 0 Å². The molecule has 35 heavy (non-hydrogen) atoms. The fraction of sp³-hybridized carbons (Fsp3) is 0.320. The molecule has 2 unspecified atom stereocenters. The lowest BCUT2D eigenvalue weighted by Gasteiger charge is -2.33. The molecular formula is C25H23F3N4O3. The molecule has 0 N–H and O–H groups in total. The first-order chi connectivity index (χ1) is 16.6. The number of aromatic nitrogens is 3. The number of alkyl halides is 3. The smallest absolute Gasteiger partial charge is 0.416 e. The van der Waals surface area contributed by atoms with Crippen molar-refractivity contribution in [1.82, 2.24) is 19.0 Å². The Morgan fingerprint density at radius 3 is 2.63 bits per heavy atom. The zero-order chi connectivity index (χ0) is 25.1. The van der Waals surface area contributed by atoms with E-state index in [1.807, 2.05) is 20.8 Å². The number of carbonyl (C=O) groups excluding carboxylic acids is 1. The van der Waals surface area contributed by atoms with Gasteiger partial charge >= 0.3 is 6.18 Å². The molecule has 0 radical (unpaired) electrons. The van der Waals surface area contributed by atoms with E-state index in [0.29, 0.717) is 29.6 Å². The third-order valence-corrected chi connectivity index (χ3v) is 6.64. The van der Waals surface area contributed by atoms with Crippen LogP contribution in [0.5, 0.6) is 0 Å². The van der Waals surface area contributed by atoms with Crippen molar-refractivity contribution in [3.8, 4) is 5.69 Å². The number of aryl methyl sites for hydroxylation is 1. The van der Waals surface area contributed by atoms with Crippen LogP contribution >= 0.6 is 0 Å². The lowest BCUT2D eigenvalue weighted by molar-refractivity contribution is -0.137. The molecule has 7 nitrogen and oxygen atoms in total. The number of amides is 1. The summed E-state index contributed by atoms with van der Waals surface area (Å²) >= 11 is 0. The van der Waals surface area contributed by atoms with Gasteiger partial charge in [0.25, 0.3) is 11.5 Å². The van der Waals surface area contributed by atoms with Gasteiger partial charge in [0.05, 0.1) is 29.9 Å². The molecule has 4 heterocycles. The standard InChI is InChI=1S/C25H23F3N4O3/c1-14-11-30(13-29-14)20-6-7-21-24(34)32(15(2)8-9-31(21)23(20)33)16(3)19-12-35-22-10-17(25(26,27)28)4-5-18(19)22/h4-7,10-13,15-16H,8-9H2,1-3H3. The van der Waals surface area contributed by atoms with Gasteiger partial charge in [-0.2, -0.15) is 13.2 Å². The quantitative estimate of drug-likeness (QED) is 0.406. The summed E-state index contributed by atoms with van der Waals surface area (Å²) in [6, 6.07) is 5.87. The van der Waals surface area contributed by atoms with Crippen LogP contribution in [0.4, 0.5) is 13.2 Å². The number of hydrogen-bond donors (Lipinski definition) is 0. The van der Waals surface area contributed by atoms with E-state index in [0.717, 1.165) is 17.8 Å². The molecule has 1 aliphatic heterocycles. The van der Waals surface area contributed by atoms with Gasteiger partial charge in [0.2, 0.25) is 0 Å². The zero-order valence-corrected chi connectivity index (χ0v) is 19.3. The van der Waals surface area contributed by atoms with Crippen LogP contribution in [0.15, 0.2) is 58.3 Å². The third kappa shape index (κ3) is 3.82. The molecule has 3 aromatic heterocycles. The highest BCUT2D eigenvalue weighted by molar-refractivity contribution is 5.94. The Bertz CT molecular complexity index is 1500. The normalized spacial score (nSPS) is 17.5. The Morgan fingerprint density at radius 1 is 1.17 bits per heavy atom. The number of imidazole rings is 1. The molecule has 1 aromatic carbocycles. The van der Waals surface area contributed by atoms with Crippen LogP contribution in [0, 0.1) is 6.92 Å². The largest absolute Gasteiger partial charge is 0.464 e. The molecular weight excluding hydrogens is 461 g/mol. The molecule has 5 rings (SSSR count). The van der Waals surface area contributed by atoms with Gasteiger partial charge in [-0.25, -0.2) is 4.98 Å². The van der Waals surface area contributed by atoms with Crippen LogP contribution in [0.1, 0.15) is 53.6 Å². The molecule has 2 atom stereocenters. The van der Waals surface area contributed by atoms with Crippen molar-refractivity contribution in [2.75, 3.05) is 0 Å². The van der Waals surface area contributed by atoms with Crippen molar-refractivity contribution in [2.45, 2.75) is 52.0 Å². The van der Waals surface area contributed by atoms with E-state index in [4.69, 9.17) is 4.42 Å². The second-order valence-electron chi connectivity index (χ2n) is 8.91. The van der Waals surface area contributed by atoms with Gasteiger partial charge in [-0.05, 0) is 51.5 Å². The maximum Gasteiger partial charge on any atom is 0.416 e. The number of halogens is 3. The minimum Gasteiger partial charge on any atom is -0.464 e. The topological polar surface area (TPSA) is 73.3 Å². The van der Waals surface area contributed by atoms with E-state index in [2.05, 4.69) is 4.98 Å². The maximum absolute atomic E-state index is 13.7. The summed E-state index contributed by atoms with van der Waals surface area (Å²) in [5.41, 5.74) is 1.06. The van der Waals surface area contributed by atoms with Crippen molar-refractivity contribution < 1.29 is 22.4 Å². The number of furan rings is 1. The molecule has 182 valence electrons. The maximum atomic E-state index is 13.7. The number of carbonyl (C=O) groups is 1. The van der Waals surface area contributed by atoms with E-state index in [1.54, 1.807) is 34.1 Å². The van der Waals surface area contributed by atoms with E-state index in [-0.39, 0.29) is 28.8 Å². The second-order valence-corrected chi connectivity index (χ2v) is 8.91. The Kier molecular flexibility index (Phi) is 5.34. The average molecular weight is 484 g/mol. The highest BCUT2D eigenvalue weighted by atomic mass is 19.4. The summed E-state index contributed by atoms with van der Waals surface area (Å²) in [5, 5.41) is 0.512. The molecule has 0 saturated carbocycles. The summed E-state index contributed by atoms with van der Waals surface area (Å²) in [6.45, 7) is 5.89. The zero-order valence-electron chi connectivity index (χ0n) is 19.3. The monoisotopic (exact) mass is 484 g/mol. The summed E-state index contributed by atoms with van der Waals surface area (Å²) in [6.07, 6.45) is 0.755. The van der Waals surface area contributed by atoms with Crippen molar-refractivity contribution in [2.24, 2.45) is 0 Å². The van der Waals surface area contributed by atoms with Crippen LogP contribution in [0.3, 0.4) is 0 Å². The van der Waals surface area contributed by atoms with Crippen molar-refractivity contribution in [3.63, 3.8) is 0 Å². The number of benzene rings is 1. The fourth-order valence-corrected chi connectivity index (χ4v) is 4.77. The Balaban J connectivity index is 1.53. The van der Waals surface area contributed by atoms with Crippen molar-refractivity contribution in [1.29, 1.82) is 0 Å². The van der Waals surface area contributed by atoms with Gasteiger partial charge in [-0.1, -0.05) is 6.07 Å². The highest BCUT2D eigenvalue weighted by Crippen LogP contribution is 2.37. The first kappa shape index (κ1) is 22.9. The highest BCUT2D eigenvalue weighted by Gasteiger charge is 2.35. The predicted octanol–water partition coefficient (Wildman–Crippen LogP) is 5.10. The average Bonchev–Trinajstić information content (AvgIpc) is 3.40. The van der Waals surface area contributed by atoms with E-state index >= 15 is 0 Å². The van der Waals surface area contributed by atoms with Gasteiger partial charge in [-0.15, -0.1) is 0 Å². The first-order valence-electron chi connectivity index (χ1n) is 11.2. The Morgan fingerprint density at radius 2 is 1.94 bits per heavy atom. The Labute approximate surface area is 198 Å². The van der Waals surface area contributed by atoms with Crippen LogP contribution in [0.25, 0.3) is 16.7 Å². The summed E-state index contributed by atoms with van der Waals surface area (Å²) in [7, 11) is 0. The number of fused-ring (bicyclic) bond motifs is 2. The van der Waals surface area contributed by atoms with Crippen molar-refractivity contribution >= 4 is 16.9 Å². The molecule has 0 saturated heterocycles. The fourth-order valence-electron chi connectivity index (χ4n) is 4.77. The van der Waals surface area contributed by atoms with Crippen molar-refractivity contribution in [3.05, 3.63) is 82.0 Å². The summed E-state index contributed by atoms with van der Waals surface area (Å²) in [4.78, 5) is 32.8. The first-order valence-corrected chi connectivity index (χ1v) is 11.2. The Hall–Kier alpha value is -3.82. The molecule has 1 aliphatic rings. The predicted molar refractivity (Wildman–Crippen MR) is 122 cm³/mol. The van der Waals surface area contributed by atoms with E-state index < -0.39 is 17.8 Å². The number of nitrogens with zero attached hydrogens (tertiary/aromatic N) is 4. The van der Waals surface area contributed by atoms with Gasteiger partial charge in [0, 0.05) is 29.7 Å². The van der Waals surface area contributed by atoms with E-state index in [9.17, 15) is 22.8 Å². The van der Waals surface area contributed by atoms with Gasteiger partial charge < -0.3 is 18.5 Å². The number of rotatable bonds is 3. The minimum atomic E-state index is -4.48. The lowest BCUT2D eigenvalue weighted by atomic mass is 10.0. The molecule has 1 amide bonds. The molecule has 0 aliphatic carbocycles. The molecule has 0 spiro atoms. The number of hydrogen-bond acceptors (Lipinski definition) is 4. The van der Waals surface area contributed by atoms with Crippen LogP contribution in [0.2, 0.25) is 0 Å². The lowest BCUT2D eigenvalue weighted by Crippen LogP contribution is -2.40. The molecule has 0 fully saturated rings. The molecule has 10 heteroatoms. The third-order valence-electron chi connectivity index (χ3n) is 6.64. The van der Waals surface area contributed by atoms with Gasteiger partial charge in [-0.3, -0.25) is 9.59 Å².